The van der Waals surface area contributed by atoms with Crippen LogP contribution in [0.1, 0.15) is 47.6 Å². The zero-order valence-corrected chi connectivity index (χ0v) is 19.0. The van der Waals surface area contributed by atoms with Crippen LogP contribution in [-0.4, -0.2) is 40.8 Å². The van der Waals surface area contributed by atoms with Gasteiger partial charge in [0.25, 0.3) is 11.8 Å². The molecule has 0 saturated carbocycles. The zero-order chi connectivity index (χ0) is 24.0. The molecule has 9 heteroatoms. The number of aliphatic imine (C=N–C) groups is 1. The number of amides is 1. The highest BCUT2D eigenvalue weighted by molar-refractivity contribution is 6.04. The van der Waals surface area contributed by atoms with E-state index in [0.717, 1.165) is 11.3 Å². The molecule has 0 aliphatic carbocycles. The molecule has 1 aromatic heterocycles. The smallest absolute Gasteiger partial charge is 0.320 e. The third kappa shape index (κ3) is 5.62. The SMILES string of the molecule is CC/C(=N\C(=C(/C)N)c1nnc(Nc2cccc(C#N)c2)o1)c1ccc(C(=O)N(C)C)cc1. The van der Waals surface area contributed by atoms with Crippen molar-refractivity contribution >= 4 is 29.0 Å². The van der Waals surface area contributed by atoms with Gasteiger partial charge >= 0.3 is 6.01 Å². The van der Waals surface area contributed by atoms with E-state index in [1.54, 1.807) is 57.4 Å². The predicted molar refractivity (Wildman–Crippen MR) is 127 cm³/mol. The van der Waals surface area contributed by atoms with Gasteiger partial charge in [-0.1, -0.05) is 30.2 Å². The molecule has 0 unspecified atom stereocenters. The van der Waals surface area contributed by atoms with E-state index in [1.165, 1.54) is 4.90 Å². The van der Waals surface area contributed by atoms with Gasteiger partial charge in [0, 0.05) is 36.8 Å². The highest BCUT2D eigenvalue weighted by Gasteiger charge is 2.15. The van der Waals surface area contributed by atoms with Crippen molar-refractivity contribution < 1.29 is 9.21 Å². The number of carbonyl (C=O) groups is 1. The zero-order valence-electron chi connectivity index (χ0n) is 19.0. The van der Waals surface area contributed by atoms with Crippen molar-refractivity contribution in [1.29, 1.82) is 5.26 Å². The Labute approximate surface area is 192 Å². The molecule has 9 nitrogen and oxygen atoms in total. The Morgan fingerprint density at radius 3 is 2.48 bits per heavy atom. The number of nitrogens with one attached hydrogen (secondary N) is 1. The van der Waals surface area contributed by atoms with Crippen molar-refractivity contribution in [3.05, 3.63) is 76.8 Å². The number of nitrogens with two attached hydrogens (primary N) is 1. The van der Waals surface area contributed by atoms with E-state index in [-0.39, 0.29) is 17.8 Å². The Kier molecular flexibility index (Phi) is 7.20. The van der Waals surface area contributed by atoms with E-state index in [1.807, 2.05) is 19.1 Å². The van der Waals surface area contributed by atoms with Gasteiger partial charge in [0.15, 0.2) is 0 Å². The highest BCUT2D eigenvalue weighted by atomic mass is 16.4. The van der Waals surface area contributed by atoms with Crippen LogP contribution in [0.4, 0.5) is 11.7 Å². The van der Waals surface area contributed by atoms with E-state index in [4.69, 9.17) is 20.4 Å². The summed E-state index contributed by atoms with van der Waals surface area (Å²) in [5, 5.41) is 20.1. The van der Waals surface area contributed by atoms with Crippen molar-refractivity contribution in [2.45, 2.75) is 20.3 Å². The van der Waals surface area contributed by atoms with Gasteiger partial charge < -0.3 is 20.4 Å². The van der Waals surface area contributed by atoms with Crippen molar-refractivity contribution in [1.82, 2.24) is 15.1 Å². The van der Waals surface area contributed by atoms with Crippen LogP contribution < -0.4 is 11.1 Å². The lowest BCUT2D eigenvalue weighted by atomic mass is 10.0. The summed E-state index contributed by atoms with van der Waals surface area (Å²) in [6.45, 7) is 3.68. The molecule has 3 aromatic rings. The Bertz CT molecular complexity index is 1240. The van der Waals surface area contributed by atoms with Crippen molar-refractivity contribution in [3.63, 3.8) is 0 Å². The van der Waals surface area contributed by atoms with Gasteiger partial charge in [-0.05, 0) is 49.2 Å². The van der Waals surface area contributed by atoms with Gasteiger partial charge in [-0.3, -0.25) is 4.79 Å². The van der Waals surface area contributed by atoms with Crippen LogP contribution in [0.3, 0.4) is 0 Å². The van der Waals surface area contributed by atoms with Crippen molar-refractivity contribution in [2.75, 3.05) is 19.4 Å². The Morgan fingerprint density at radius 1 is 1.18 bits per heavy atom. The summed E-state index contributed by atoms with van der Waals surface area (Å²) in [7, 11) is 3.42. The Balaban J connectivity index is 1.87. The molecule has 0 radical (unpaired) electrons. The van der Waals surface area contributed by atoms with Crippen LogP contribution in [0.25, 0.3) is 5.70 Å². The number of aromatic nitrogens is 2. The number of nitrogens with zero attached hydrogens (tertiary/aromatic N) is 5. The first-order chi connectivity index (χ1) is 15.8. The summed E-state index contributed by atoms with van der Waals surface area (Å²) in [6, 6.07) is 16.4. The van der Waals surface area contributed by atoms with Gasteiger partial charge in [0.1, 0.15) is 5.70 Å². The quantitative estimate of drug-likeness (QED) is 0.528. The molecule has 0 bridgehead atoms. The minimum atomic E-state index is -0.0684. The number of benzene rings is 2. The second-order valence-electron chi connectivity index (χ2n) is 7.45. The summed E-state index contributed by atoms with van der Waals surface area (Å²) >= 11 is 0. The molecule has 0 saturated heterocycles. The number of hydrogen-bond acceptors (Lipinski definition) is 8. The molecule has 0 atom stereocenters. The second kappa shape index (κ2) is 10.2. The molecule has 1 heterocycles. The van der Waals surface area contributed by atoms with Crippen LogP contribution in [0.5, 0.6) is 0 Å². The third-order valence-electron chi connectivity index (χ3n) is 4.70. The lowest BCUT2D eigenvalue weighted by Gasteiger charge is -2.11. The normalized spacial score (nSPS) is 12.0. The molecule has 168 valence electrons. The largest absolute Gasteiger partial charge is 0.401 e. The summed E-state index contributed by atoms with van der Waals surface area (Å²) < 4.78 is 5.73. The van der Waals surface area contributed by atoms with Crippen LogP contribution in [0.2, 0.25) is 0 Å². The lowest BCUT2D eigenvalue weighted by molar-refractivity contribution is 0.0827. The molecule has 1 amide bonds. The Hall–Kier alpha value is -4.45. The molecule has 3 N–H and O–H groups in total. The van der Waals surface area contributed by atoms with E-state index in [9.17, 15) is 4.79 Å². The average Bonchev–Trinajstić information content (AvgIpc) is 3.27. The monoisotopic (exact) mass is 443 g/mol. The fourth-order valence-corrected chi connectivity index (χ4v) is 3.01. The lowest BCUT2D eigenvalue weighted by Crippen LogP contribution is -2.21. The number of hydrogen-bond donors (Lipinski definition) is 2. The number of allylic oxidation sites excluding steroid dienone is 1. The predicted octanol–water partition coefficient (Wildman–Crippen LogP) is 3.93. The van der Waals surface area contributed by atoms with Crippen LogP contribution >= 0.6 is 0 Å². The standard InChI is InChI=1S/C24H25N7O2/c1-5-20(17-9-11-18(12-10-17)23(32)31(3)4)28-21(15(2)26)22-29-30-24(33-22)27-19-8-6-7-16(13-19)14-25/h6-13H,5,26H2,1-4H3,(H,27,30)/b21-15+,28-20+. The number of carbonyl (C=O) groups excluding carboxylic acids is 1. The first-order valence-corrected chi connectivity index (χ1v) is 10.3. The maximum atomic E-state index is 12.1. The molecule has 0 aliphatic rings. The highest BCUT2D eigenvalue weighted by Crippen LogP contribution is 2.23. The fourth-order valence-electron chi connectivity index (χ4n) is 3.01. The minimum absolute atomic E-state index is 0.0684. The van der Waals surface area contributed by atoms with Crippen LogP contribution in [-0.2, 0) is 0 Å². The summed E-state index contributed by atoms with van der Waals surface area (Å²) in [5.74, 6) is 0.0976. The molecule has 3 rings (SSSR count). The molecular weight excluding hydrogens is 418 g/mol. The molecular formula is C24H25N7O2. The fraction of sp³-hybridized carbons (Fsp3) is 0.208. The Morgan fingerprint density at radius 2 is 1.88 bits per heavy atom. The number of rotatable bonds is 7. The third-order valence-corrected chi connectivity index (χ3v) is 4.70. The maximum Gasteiger partial charge on any atom is 0.320 e. The van der Waals surface area contributed by atoms with Gasteiger partial charge in [0.05, 0.1) is 11.6 Å². The first kappa shape index (κ1) is 23.2. The first-order valence-electron chi connectivity index (χ1n) is 10.3. The molecule has 2 aromatic carbocycles. The van der Waals surface area contributed by atoms with E-state index in [0.29, 0.717) is 34.6 Å². The van der Waals surface area contributed by atoms with Gasteiger partial charge in [-0.2, -0.15) is 5.26 Å². The van der Waals surface area contributed by atoms with Crippen molar-refractivity contribution in [2.24, 2.45) is 10.7 Å². The van der Waals surface area contributed by atoms with Gasteiger partial charge in [-0.15, -0.1) is 5.10 Å². The topological polar surface area (TPSA) is 133 Å². The molecule has 0 spiro atoms. The molecule has 0 fully saturated rings. The number of nitriles is 1. The summed E-state index contributed by atoms with van der Waals surface area (Å²) in [6.07, 6.45) is 0.623. The second-order valence-corrected chi connectivity index (χ2v) is 7.45. The van der Waals surface area contributed by atoms with Gasteiger partial charge in [-0.25, -0.2) is 4.99 Å². The van der Waals surface area contributed by atoms with E-state index in [2.05, 4.69) is 21.6 Å². The average molecular weight is 444 g/mol. The van der Waals surface area contributed by atoms with E-state index >= 15 is 0 Å². The van der Waals surface area contributed by atoms with Crippen molar-refractivity contribution in [3.8, 4) is 6.07 Å². The molecule has 33 heavy (non-hydrogen) atoms. The maximum absolute atomic E-state index is 12.1. The summed E-state index contributed by atoms with van der Waals surface area (Å²) in [4.78, 5) is 18.4. The minimum Gasteiger partial charge on any atom is -0.401 e. The number of anilines is 2. The van der Waals surface area contributed by atoms with Crippen LogP contribution in [0.15, 0.2) is 63.6 Å². The molecule has 0 aliphatic heterocycles. The van der Waals surface area contributed by atoms with Gasteiger partial charge in [0.2, 0.25) is 0 Å². The van der Waals surface area contributed by atoms with Crippen LogP contribution in [0, 0.1) is 11.3 Å². The van der Waals surface area contributed by atoms with E-state index < -0.39 is 0 Å². The summed E-state index contributed by atoms with van der Waals surface area (Å²) in [5.41, 5.74) is 10.2.